The van der Waals surface area contributed by atoms with Crippen LogP contribution in [0.5, 0.6) is 0 Å². The van der Waals surface area contributed by atoms with Gasteiger partial charge in [0.1, 0.15) is 0 Å². The van der Waals surface area contributed by atoms with Crippen molar-refractivity contribution in [2.45, 2.75) is 33.6 Å². The molecule has 1 atom stereocenters. The number of amides is 2. The minimum absolute atomic E-state index is 0.0129. The second-order valence-electron chi connectivity index (χ2n) is 4.86. The normalized spacial score (nSPS) is 11.8. The Morgan fingerprint density at radius 2 is 1.85 bits per heavy atom. The first-order chi connectivity index (χ1) is 9.49. The second kappa shape index (κ2) is 7.65. The SMILES string of the molecule is CCC(C)C(=O)Nc1cccc(NC(=O)CCN)c1C. The van der Waals surface area contributed by atoms with Crippen LogP contribution in [0.15, 0.2) is 18.2 Å². The lowest BCUT2D eigenvalue weighted by atomic mass is 10.1. The van der Waals surface area contributed by atoms with Gasteiger partial charge >= 0.3 is 0 Å². The van der Waals surface area contributed by atoms with Gasteiger partial charge in [0, 0.05) is 30.3 Å². The summed E-state index contributed by atoms with van der Waals surface area (Å²) in [7, 11) is 0. The summed E-state index contributed by atoms with van der Waals surface area (Å²) >= 11 is 0. The van der Waals surface area contributed by atoms with Crippen LogP contribution in [0.25, 0.3) is 0 Å². The van der Waals surface area contributed by atoms with Crippen LogP contribution in [0.1, 0.15) is 32.3 Å². The molecule has 4 N–H and O–H groups in total. The Morgan fingerprint density at radius 3 is 2.40 bits per heavy atom. The Morgan fingerprint density at radius 1 is 1.25 bits per heavy atom. The smallest absolute Gasteiger partial charge is 0.227 e. The van der Waals surface area contributed by atoms with Gasteiger partial charge in [-0.05, 0) is 31.0 Å². The van der Waals surface area contributed by atoms with Gasteiger partial charge in [0.2, 0.25) is 11.8 Å². The van der Waals surface area contributed by atoms with Crippen LogP contribution in [-0.4, -0.2) is 18.4 Å². The summed E-state index contributed by atoms with van der Waals surface area (Å²) < 4.78 is 0. The molecule has 0 spiro atoms. The van der Waals surface area contributed by atoms with Crippen molar-refractivity contribution in [1.82, 2.24) is 0 Å². The summed E-state index contributed by atoms with van der Waals surface area (Å²) in [6.45, 7) is 6.04. The van der Waals surface area contributed by atoms with Crippen molar-refractivity contribution >= 4 is 23.2 Å². The number of carbonyl (C=O) groups is 2. The van der Waals surface area contributed by atoms with Crippen LogP contribution in [0, 0.1) is 12.8 Å². The Bertz CT molecular complexity index is 486. The van der Waals surface area contributed by atoms with Crippen LogP contribution >= 0.6 is 0 Å². The molecule has 1 aromatic carbocycles. The molecule has 0 saturated carbocycles. The molecule has 20 heavy (non-hydrogen) atoms. The molecule has 5 nitrogen and oxygen atoms in total. The van der Waals surface area contributed by atoms with Gasteiger partial charge in [0.25, 0.3) is 0 Å². The quantitative estimate of drug-likeness (QED) is 0.745. The van der Waals surface area contributed by atoms with E-state index >= 15 is 0 Å². The highest BCUT2D eigenvalue weighted by Gasteiger charge is 2.13. The number of hydrogen-bond acceptors (Lipinski definition) is 3. The number of benzene rings is 1. The molecule has 2 amide bonds. The lowest BCUT2D eigenvalue weighted by Gasteiger charge is -2.15. The topological polar surface area (TPSA) is 84.2 Å². The first-order valence-electron chi connectivity index (χ1n) is 6.90. The van der Waals surface area contributed by atoms with E-state index < -0.39 is 0 Å². The van der Waals surface area contributed by atoms with Crippen molar-refractivity contribution in [3.63, 3.8) is 0 Å². The summed E-state index contributed by atoms with van der Waals surface area (Å²) in [5.74, 6) is -0.174. The molecule has 0 aliphatic heterocycles. The van der Waals surface area contributed by atoms with Crippen LogP contribution in [0.3, 0.4) is 0 Å². The van der Waals surface area contributed by atoms with E-state index in [9.17, 15) is 9.59 Å². The molecular weight excluding hydrogens is 254 g/mol. The summed E-state index contributed by atoms with van der Waals surface area (Å²) in [6, 6.07) is 5.44. The highest BCUT2D eigenvalue weighted by molar-refractivity contribution is 5.96. The zero-order valence-corrected chi connectivity index (χ0v) is 12.3. The van der Waals surface area contributed by atoms with Crippen LogP contribution in [0.4, 0.5) is 11.4 Å². The van der Waals surface area contributed by atoms with Gasteiger partial charge in [-0.2, -0.15) is 0 Å². The molecule has 0 fully saturated rings. The van der Waals surface area contributed by atoms with E-state index in [1.807, 2.05) is 32.9 Å². The highest BCUT2D eigenvalue weighted by atomic mass is 16.2. The monoisotopic (exact) mass is 277 g/mol. The summed E-state index contributed by atoms with van der Waals surface area (Å²) in [6.07, 6.45) is 1.07. The van der Waals surface area contributed by atoms with Gasteiger partial charge in [0.05, 0.1) is 0 Å². The number of hydrogen-bond donors (Lipinski definition) is 3. The molecule has 1 aromatic rings. The standard InChI is InChI=1S/C15H23N3O2/c1-4-10(2)15(20)18-13-7-5-6-12(11(13)3)17-14(19)8-9-16/h5-7,10H,4,8-9,16H2,1-3H3,(H,17,19)(H,18,20). The predicted molar refractivity (Wildman–Crippen MR) is 81.6 cm³/mol. The number of nitrogens with one attached hydrogen (secondary N) is 2. The number of anilines is 2. The van der Waals surface area contributed by atoms with Crippen molar-refractivity contribution in [1.29, 1.82) is 0 Å². The lowest BCUT2D eigenvalue weighted by molar-refractivity contribution is -0.119. The van der Waals surface area contributed by atoms with Gasteiger partial charge < -0.3 is 16.4 Å². The summed E-state index contributed by atoms with van der Waals surface area (Å²) in [4.78, 5) is 23.5. The molecule has 0 saturated heterocycles. The summed E-state index contributed by atoms with van der Waals surface area (Å²) in [5.41, 5.74) is 7.61. The Kier molecular flexibility index (Phi) is 6.18. The molecule has 0 bridgehead atoms. The zero-order chi connectivity index (χ0) is 15.1. The molecule has 1 rings (SSSR count). The fourth-order valence-electron chi connectivity index (χ4n) is 1.69. The van der Waals surface area contributed by atoms with Crippen molar-refractivity contribution < 1.29 is 9.59 Å². The maximum atomic E-state index is 11.9. The van der Waals surface area contributed by atoms with E-state index in [1.54, 1.807) is 6.07 Å². The maximum absolute atomic E-state index is 11.9. The average Bonchev–Trinajstić information content (AvgIpc) is 2.42. The minimum atomic E-state index is -0.124. The average molecular weight is 277 g/mol. The third kappa shape index (κ3) is 4.35. The molecule has 5 heteroatoms. The molecule has 1 unspecified atom stereocenters. The molecule has 0 heterocycles. The largest absolute Gasteiger partial charge is 0.330 e. The third-order valence-electron chi connectivity index (χ3n) is 3.30. The van der Waals surface area contributed by atoms with Gasteiger partial charge in [-0.25, -0.2) is 0 Å². The minimum Gasteiger partial charge on any atom is -0.330 e. The highest BCUT2D eigenvalue weighted by Crippen LogP contribution is 2.24. The number of carbonyl (C=O) groups excluding carboxylic acids is 2. The van der Waals surface area contributed by atoms with Crippen molar-refractivity contribution in [2.75, 3.05) is 17.2 Å². The molecule has 0 aliphatic carbocycles. The molecule has 0 aliphatic rings. The van der Waals surface area contributed by atoms with Gasteiger partial charge in [-0.1, -0.05) is 19.9 Å². The van der Waals surface area contributed by atoms with E-state index in [0.717, 1.165) is 17.7 Å². The van der Waals surface area contributed by atoms with Crippen LogP contribution < -0.4 is 16.4 Å². The van der Waals surface area contributed by atoms with E-state index in [0.29, 0.717) is 12.2 Å². The molecule has 0 aromatic heterocycles. The molecular formula is C15H23N3O2. The third-order valence-corrected chi connectivity index (χ3v) is 3.30. The molecule has 0 radical (unpaired) electrons. The number of nitrogens with two attached hydrogens (primary N) is 1. The van der Waals surface area contributed by atoms with E-state index in [-0.39, 0.29) is 24.2 Å². The Labute approximate surface area is 119 Å². The zero-order valence-electron chi connectivity index (χ0n) is 12.3. The first kappa shape index (κ1) is 16.2. The van der Waals surface area contributed by atoms with E-state index in [2.05, 4.69) is 10.6 Å². The fourth-order valence-corrected chi connectivity index (χ4v) is 1.69. The first-order valence-corrected chi connectivity index (χ1v) is 6.90. The van der Waals surface area contributed by atoms with Crippen LogP contribution in [0.2, 0.25) is 0 Å². The van der Waals surface area contributed by atoms with E-state index in [4.69, 9.17) is 5.73 Å². The van der Waals surface area contributed by atoms with Crippen LogP contribution in [-0.2, 0) is 9.59 Å². The van der Waals surface area contributed by atoms with Crippen molar-refractivity contribution in [3.05, 3.63) is 23.8 Å². The van der Waals surface area contributed by atoms with Crippen molar-refractivity contribution in [2.24, 2.45) is 11.7 Å². The Hall–Kier alpha value is -1.88. The maximum Gasteiger partial charge on any atom is 0.227 e. The lowest BCUT2D eigenvalue weighted by Crippen LogP contribution is -2.21. The predicted octanol–water partition coefficient (Wildman–Crippen LogP) is 2.27. The van der Waals surface area contributed by atoms with Crippen molar-refractivity contribution in [3.8, 4) is 0 Å². The number of rotatable bonds is 6. The van der Waals surface area contributed by atoms with Gasteiger partial charge in [0.15, 0.2) is 0 Å². The van der Waals surface area contributed by atoms with E-state index in [1.165, 1.54) is 0 Å². The molecule has 110 valence electrons. The van der Waals surface area contributed by atoms with Gasteiger partial charge in [-0.15, -0.1) is 0 Å². The fraction of sp³-hybridized carbons (Fsp3) is 0.467. The Balaban J connectivity index is 2.84. The second-order valence-corrected chi connectivity index (χ2v) is 4.86. The summed E-state index contributed by atoms with van der Waals surface area (Å²) in [5, 5.41) is 5.69. The van der Waals surface area contributed by atoms with Gasteiger partial charge in [-0.3, -0.25) is 9.59 Å².